The SMILES string of the molecule is COCC1(O)CCN(Cc2ccc(Cl)cc2F)CC1(C)C. The van der Waals surface area contributed by atoms with Gasteiger partial charge in [-0.2, -0.15) is 0 Å². The Balaban J connectivity index is 2.08. The van der Waals surface area contributed by atoms with E-state index in [0.717, 1.165) is 0 Å². The number of methoxy groups -OCH3 is 1. The van der Waals surface area contributed by atoms with Crippen molar-refractivity contribution < 1.29 is 14.2 Å². The first-order valence-electron chi connectivity index (χ1n) is 7.15. The van der Waals surface area contributed by atoms with Gasteiger partial charge in [0.15, 0.2) is 0 Å². The zero-order valence-electron chi connectivity index (χ0n) is 12.8. The van der Waals surface area contributed by atoms with Gasteiger partial charge in [0.05, 0.1) is 12.2 Å². The average Bonchev–Trinajstić information content (AvgIpc) is 2.38. The molecule has 1 fully saturated rings. The van der Waals surface area contributed by atoms with E-state index in [4.69, 9.17) is 16.3 Å². The lowest BCUT2D eigenvalue weighted by atomic mass is 9.70. The Morgan fingerprint density at radius 2 is 2.14 bits per heavy atom. The molecule has 3 nitrogen and oxygen atoms in total. The molecule has 0 saturated carbocycles. The number of likely N-dealkylation sites (tertiary alicyclic amines) is 1. The van der Waals surface area contributed by atoms with Gasteiger partial charge < -0.3 is 9.84 Å². The lowest BCUT2D eigenvalue weighted by Gasteiger charge is -2.50. The number of rotatable bonds is 4. The summed E-state index contributed by atoms with van der Waals surface area (Å²) in [5.74, 6) is -0.280. The standard InChI is InChI=1S/C16H23ClFNO2/c1-15(2)10-19(7-6-16(15,20)11-21-3)9-12-4-5-13(17)8-14(12)18/h4-5,8,20H,6-7,9-11H2,1-3H3. The van der Waals surface area contributed by atoms with E-state index in [0.29, 0.717) is 43.2 Å². The molecule has 1 saturated heterocycles. The normalized spacial score (nSPS) is 26.0. The molecule has 0 aromatic heterocycles. The van der Waals surface area contributed by atoms with Crippen LogP contribution in [-0.2, 0) is 11.3 Å². The highest BCUT2D eigenvalue weighted by atomic mass is 35.5. The van der Waals surface area contributed by atoms with Gasteiger partial charge in [0.1, 0.15) is 5.82 Å². The Kier molecular flexibility index (Phi) is 4.93. The van der Waals surface area contributed by atoms with Crippen LogP contribution in [0, 0.1) is 11.2 Å². The van der Waals surface area contributed by atoms with Crippen LogP contribution >= 0.6 is 11.6 Å². The first-order chi connectivity index (χ1) is 9.77. The Morgan fingerprint density at radius 3 is 2.71 bits per heavy atom. The molecule has 1 aromatic rings. The van der Waals surface area contributed by atoms with E-state index >= 15 is 0 Å². The highest BCUT2D eigenvalue weighted by Gasteiger charge is 2.47. The van der Waals surface area contributed by atoms with Crippen LogP contribution in [0.2, 0.25) is 5.02 Å². The smallest absolute Gasteiger partial charge is 0.129 e. The second-order valence-electron chi connectivity index (χ2n) is 6.54. The maximum Gasteiger partial charge on any atom is 0.129 e. The molecule has 0 spiro atoms. The molecule has 1 aliphatic rings. The van der Waals surface area contributed by atoms with Gasteiger partial charge >= 0.3 is 0 Å². The summed E-state index contributed by atoms with van der Waals surface area (Å²) in [5.41, 5.74) is -0.520. The maximum atomic E-state index is 13.9. The quantitative estimate of drug-likeness (QED) is 0.927. The van der Waals surface area contributed by atoms with E-state index in [1.807, 2.05) is 13.8 Å². The zero-order valence-corrected chi connectivity index (χ0v) is 13.6. The van der Waals surface area contributed by atoms with Gasteiger partial charge in [-0.25, -0.2) is 4.39 Å². The number of piperidine rings is 1. The van der Waals surface area contributed by atoms with Crippen molar-refractivity contribution in [3.8, 4) is 0 Å². The monoisotopic (exact) mass is 315 g/mol. The first-order valence-corrected chi connectivity index (χ1v) is 7.53. The third-order valence-electron chi connectivity index (χ3n) is 4.51. The van der Waals surface area contributed by atoms with E-state index < -0.39 is 5.60 Å². The van der Waals surface area contributed by atoms with E-state index in [-0.39, 0.29) is 11.2 Å². The molecule has 1 aromatic carbocycles. The number of aliphatic hydroxyl groups is 1. The molecular weight excluding hydrogens is 293 g/mol. The second kappa shape index (κ2) is 6.21. The fourth-order valence-corrected chi connectivity index (χ4v) is 3.16. The number of nitrogens with zero attached hydrogens (tertiary/aromatic N) is 1. The third kappa shape index (κ3) is 3.57. The summed E-state index contributed by atoms with van der Waals surface area (Å²) >= 11 is 5.78. The predicted molar refractivity (Wildman–Crippen MR) is 81.9 cm³/mol. The largest absolute Gasteiger partial charge is 0.387 e. The Hall–Kier alpha value is -0.680. The summed E-state index contributed by atoms with van der Waals surface area (Å²) in [4.78, 5) is 2.16. The van der Waals surface area contributed by atoms with Crippen LogP contribution in [-0.4, -0.2) is 42.4 Å². The van der Waals surface area contributed by atoms with Gasteiger partial charge in [-0.15, -0.1) is 0 Å². The summed E-state index contributed by atoms with van der Waals surface area (Å²) in [6, 6.07) is 4.77. The van der Waals surface area contributed by atoms with Gasteiger partial charge in [0.2, 0.25) is 0 Å². The number of halogens is 2. The van der Waals surface area contributed by atoms with Gasteiger partial charge in [-0.1, -0.05) is 31.5 Å². The fourth-order valence-electron chi connectivity index (χ4n) is 3.00. The molecule has 118 valence electrons. The van der Waals surface area contributed by atoms with Crippen LogP contribution < -0.4 is 0 Å². The highest BCUT2D eigenvalue weighted by Crippen LogP contribution is 2.39. The number of hydrogen-bond acceptors (Lipinski definition) is 3. The van der Waals surface area contributed by atoms with Crippen LogP contribution in [0.5, 0.6) is 0 Å². The van der Waals surface area contributed by atoms with Crippen molar-refractivity contribution in [2.75, 3.05) is 26.8 Å². The van der Waals surface area contributed by atoms with Crippen LogP contribution in [0.25, 0.3) is 0 Å². The summed E-state index contributed by atoms with van der Waals surface area (Å²) in [5, 5.41) is 11.1. The van der Waals surface area contributed by atoms with Crippen LogP contribution in [0.15, 0.2) is 18.2 Å². The van der Waals surface area contributed by atoms with Crippen molar-refractivity contribution in [3.05, 3.63) is 34.6 Å². The molecule has 1 N–H and O–H groups in total. The molecule has 2 rings (SSSR count). The van der Waals surface area contributed by atoms with Gasteiger partial charge in [-0.3, -0.25) is 4.90 Å². The Bertz CT molecular complexity index is 509. The molecule has 0 bridgehead atoms. The summed E-state index contributed by atoms with van der Waals surface area (Å²) in [7, 11) is 1.60. The topological polar surface area (TPSA) is 32.7 Å². The predicted octanol–water partition coefficient (Wildman–Crippen LogP) is 3.09. The molecular formula is C16H23ClFNO2. The molecule has 0 amide bonds. The van der Waals surface area contributed by atoms with Gasteiger partial charge in [0, 0.05) is 42.7 Å². The Labute approximate surface area is 130 Å². The molecule has 1 atom stereocenters. The van der Waals surface area contributed by atoms with Gasteiger partial charge in [0.25, 0.3) is 0 Å². The molecule has 1 unspecified atom stereocenters. The minimum Gasteiger partial charge on any atom is -0.387 e. The molecule has 1 heterocycles. The van der Waals surface area contributed by atoms with Crippen LogP contribution in [0.1, 0.15) is 25.8 Å². The molecule has 1 aliphatic heterocycles. The second-order valence-corrected chi connectivity index (χ2v) is 6.98. The molecule has 0 aliphatic carbocycles. The first kappa shape index (κ1) is 16.7. The number of hydrogen-bond donors (Lipinski definition) is 1. The zero-order chi connectivity index (χ0) is 15.7. The van der Waals surface area contributed by atoms with Crippen molar-refractivity contribution in [2.45, 2.75) is 32.4 Å². The summed E-state index contributed by atoms with van der Waals surface area (Å²) in [6.07, 6.45) is 0.614. The van der Waals surface area contributed by atoms with E-state index in [2.05, 4.69) is 4.90 Å². The van der Waals surface area contributed by atoms with E-state index in [9.17, 15) is 9.50 Å². The molecule has 21 heavy (non-hydrogen) atoms. The van der Waals surface area contributed by atoms with Crippen molar-refractivity contribution >= 4 is 11.6 Å². The fraction of sp³-hybridized carbons (Fsp3) is 0.625. The average molecular weight is 316 g/mol. The minimum atomic E-state index is -0.837. The molecule has 0 radical (unpaired) electrons. The highest BCUT2D eigenvalue weighted by molar-refractivity contribution is 6.30. The van der Waals surface area contributed by atoms with Crippen molar-refractivity contribution in [1.82, 2.24) is 4.90 Å². The van der Waals surface area contributed by atoms with E-state index in [1.54, 1.807) is 19.2 Å². The summed E-state index contributed by atoms with van der Waals surface area (Å²) < 4.78 is 19.1. The Morgan fingerprint density at radius 1 is 1.43 bits per heavy atom. The number of ether oxygens (including phenoxy) is 1. The van der Waals surface area contributed by atoms with E-state index in [1.165, 1.54) is 6.07 Å². The van der Waals surface area contributed by atoms with Crippen LogP contribution in [0.3, 0.4) is 0 Å². The lowest BCUT2D eigenvalue weighted by Crippen LogP contribution is -2.59. The minimum absolute atomic E-state index is 0.280. The van der Waals surface area contributed by atoms with Crippen LogP contribution in [0.4, 0.5) is 4.39 Å². The summed E-state index contributed by atoms with van der Waals surface area (Å²) in [6.45, 7) is 6.30. The molecule has 5 heteroatoms. The number of benzene rings is 1. The lowest BCUT2D eigenvalue weighted by molar-refractivity contribution is -0.151. The maximum absolute atomic E-state index is 13.9. The third-order valence-corrected chi connectivity index (χ3v) is 4.75. The van der Waals surface area contributed by atoms with Crippen molar-refractivity contribution in [3.63, 3.8) is 0 Å². The van der Waals surface area contributed by atoms with Crippen molar-refractivity contribution in [1.29, 1.82) is 0 Å². The van der Waals surface area contributed by atoms with Crippen molar-refractivity contribution in [2.24, 2.45) is 5.41 Å². The van der Waals surface area contributed by atoms with Gasteiger partial charge in [-0.05, 0) is 18.6 Å².